The van der Waals surface area contributed by atoms with E-state index in [-0.39, 0.29) is 15.5 Å². The zero-order chi connectivity index (χ0) is 18.4. The first-order valence-corrected chi connectivity index (χ1v) is 9.73. The molecular weight excluding hydrogens is 364 g/mol. The van der Waals surface area contributed by atoms with E-state index >= 15 is 0 Å². The number of aryl methyl sites for hydroxylation is 1. The van der Waals surface area contributed by atoms with Gasteiger partial charge in [0.15, 0.2) is 0 Å². The lowest BCUT2D eigenvalue weighted by Crippen LogP contribution is -2.32. The third-order valence-corrected chi connectivity index (χ3v) is 6.40. The molecule has 9 heteroatoms. The minimum Gasteiger partial charge on any atom is -0.465 e. The van der Waals surface area contributed by atoms with Crippen molar-refractivity contribution in [3.05, 3.63) is 46.8 Å². The maximum atomic E-state index is 12.2. The normalized spacial score (nSPS) is 11.1. The lowest BCUT2D eigenvalue weighted by Gasteiger charge is -2.10. The molecule has 1 aromatic heterocycles. The number of para-hydroxylation sites is 1. The summed E-state index contributed by atoms with van der Waals surface area (Å²) in [6, 6.07) is 9.56. The van der Waals surface area contributed by atoms with Gasteiger partial charge in [-0.05, 0) is 30.7 Å². The summed E-state index contributed by atoms with van der Waals surface area (Å²) < 4.78 is 31.4. The van der Waals surface area contributed by atoms with E-state index in [9.17, 15) is 18.0 Å². The van der Waals surface area contributed by atoms with Crippen LogP contribution in [0.15, 0.2) is 40.6 Å². The van der Waals surface area contributed by atoms with Gasteiger partial charge in [-0.3, -0.25) is 4.79 Å². The number of esters is 1. The number of amides is 1. The number of sulfonamides is 1. The van der Waals surface area contributed by atoms with Gasteiger partial charge in [-0.15, -0.1) is 11.3 Å². The number of hydrogen-bond acceptors (Lipinski definition) is 6. The number of nitrogens with one attached hydrogen (secondary N) is 2. The first-order chi connectivity index (χ1) is 11.9. The highest BCUT2D eigenvalue weighted by atomic mass is 32.2. The SMILES string of the molecule is CCc1ccc(S(=O)(=O)NCC(=O)Nc2ccccc2C(=O)OC)s1. The highest BCUT2D eigenvalue weighted by Crippen LogP contribution is 2.21. The van der Waals surface area contributed by atoms with Crippen LogP contribution in [0.1, 0.15) is 22.2 Å². The van der Waals surface area contributed by atoms with Crippen LogP contribution in [0.25, 0.3) is 0 Å². The van der Waals surface area contributed by atoms with Crippen LogP contribution in [0.4, 0.5) is 5.69 Å². The van der Waals surface area contributed by atoms with Crippen LogP contribution in [0, 0.1) is 0 Å². The van der Waals surface area contributed by atoms with Crippen molar-refractivity contribution in [2.75, 3.05) is 19.0 Å². The van der Waals surface area contributed by atoms with Crippen LogP contribution in [0.5, 0.6) is 0 Å². The Morgan fingerprint density at radius 3 is 2.52 bits per heavy atom. The van der Waals surface area contributed by atoms with Crippen molar-refractivity contribution in [3.8, 4) is 0 Å². The Bertz CT molecular complexity index is 874. The predicted octanol–water partition coefficient (Wildman–Crippen LogP) is 2.01. The molecule has 25 heavy (non-hydrogen) atoms. The maximum absolute atomic E-state index is 12.2. The average molecular weight is 382 g/mol. The van der Waals surface area contributed by atoms with E-state index in [1.807, 2.05) is 6.92 Å². The summed E-state index contributed by atoms with van der Waals surface area (Å²) in [7, 11) is -2.52. The van der Waals surface area contributed by atoms with Crippen LogP contribution in [-0.2, 0) is 26.0 Å². The van der Waals surface area contributed by atoms with Crippen LogP contribution >= 0.6 is 11.3 Å². The molecule has 1 heterocycles. The summed E-state index contributed by atoms with van der Waals surface area (Å²) in [6.45, 7) is 1.49. The Hall–Kier alpha value is -2.23. The summed E-state index contributed by atoms with van der Waals surface area (Å²) in [6.07, 6.45) is 0.741. The van der Waals surface area contributed by atoms with Gasteiger partial charge >= 0.3 is 5.97 Å². The van der Waals surface area contributed by atoms with E-state index < -0.39 is 28.4 Å². The van der Waals surface area contributed by atoms with Crippen LogP contribution in [0.2, 0.25) is 0 Å². The maximum Gasteiger partial charge on any atom is 0.339 e. The number of carbonyl (C=O) groups excluding carboxylic acids is 2. The molecule has 0 saturated carbocycles. The highest BCUT2D eigenvalue weighted by molar-refractivity contribution is 7.91. The van der Waals surface area contributed by atoms with Gasteiger partial charge in [0.05, 0.1) is 24.9 Å². The minimum atomic E-state index is -3.75. The monoisotopic (exact) mass is 382 g/mol. The first kappa shape index (κ1) is 19.1. The highest BCUT2D eigenvalue weighted by Gasteiger charge is 2.19. The van der Waals surface area contributed by atoms with Crippen molar-refractivity contribution >= 4 is 38.9 Å². The number of methoxy groups -OCH3 is 1. The zero-order valence-electron chi connectivity index (χ0n) is 13.7. The third-order valence-electron chi connectivity index (χ3n) is 3.28. The molecule has 134 valence electrons. The molecule has 0 unspecified atom stereocenters. The van der Waals surface area contributed by atoms with E-state index in [2.05, 4.69) is 14.8 Å². The van der Waals surface area contributed by atoms with Crippen molar-refractivity contribution in [1.29, 1.82) is 0 Å². The van der Waals surface area contributed by atoms with Gasteiger partial charge in [-0.25, -0.2) is 17.9 Å². The molecule has 7 nitrogen and oxygen atoms in total. The fourth-order valence-electron chi connectivity index (χ4n) is 2.00. The second kappa shape index (κ2) is 8.24. The van der Waals surface area contributed by atoms with Gasteiger partial charge in [-0.2, -0.15) is 0 Å². The molecule has 0 aliphatic heterocycles. The average Bonchev–Trinajstić information content (AvgIpc) is 3.10. The summed E-state index contributed by atoms with van der Waals surface area (Å²) >= 11 is 1.16. The van der Waals surface area contributed by atoms with Crippen molar-refractivity contribution < 1.29 is 22.7 Å². The number of rotatable bonds is 7. The van der Waals surface area contributed by atoms with Crippen molar-refractivity contribution in [2.24, 2.45) is 0 Å². The van der Waals surface area contributed by atoms with Gasteiger partial charge in [0, 0.05) is 4.88 Å². The first-order valence-electron chi connectivity index (χ1n) is 7.43. The van der Waals surface area contributed by atoms with Crippen molar-refractivity contribution in [1.82, 2.24) is 4.72 Å². The predicted molar refractivity (Wildman–Crippen MR) is 95.3 cm³/mol. The number of anilines is 1. The molecule has 0 atom stereocenters. The fraction of sp³-hybridized carbons (Fsp3) is 0.250. The smallest absolute Gasteiger partial charge is 0.339 e. The second-order valence-electron chi connectivity index (χ2n) is 4.98. The van der Waals surface area contributed by atoms with E-state index in [0.29, 0.717) is 0 Å². The van der Waals surface area contributed by atoms with E-state index in [1.165, 1.54) is 25.3 Å². The molecule has 1 amide bonds. The molecular formula is C16H18N2O5S2. The van der Waals surface area contributed by atoms with Crippen LogP contribution in [-0.4, -0.2) is 33.9 Å². The van der Waals surface area contributed by atoms with Gasteiger partial charge in [0.2, 0.25) is 5.91 Å². The van der Waals surface area contributed by atoms with Crippen molar-refractivity contribution in [2.45, 2.75) is 17.6 Å². The van der Waals surface area contributed by atoms with Crippen LogP contribution in [0.3, 0.4) is 0 Å². The molecule has 0 spiro atoms. The van der Waals surface area contributed by atoms with E-state index in [1.54, 1.807) is 18.2 Å². The molecule has 0 saturated heterocycles. The molecule has 0 radical (unpaired) electrons. The molecule has 2 N–H and O–H groups in total. The van der Waals surface area contributed by atoms with E-state index in [0.717, 1.165) is 22.6 Å². The Morgan fingerprint density at radius 1 is 1.16 bits per heavy atom. The molecule has 0 bridgehead atoms. The van der Waals surface area contributed by atoms with E-state index in [4.69, 9.17) is 0 Å². The number of ether oxygens (including phenoxy) is 1. The molecule has 0 aliphatic carbocycles. The number of thiophene rings is 1. The summed E-state index contributed by atoms with van der Waals surface area (Å²) in [5.41, 5.74) is 0.440. The van der Waals surface area contributed by atoms with Gasteiger partial charge in [0.25, 0.3) is 10.0 Å². The third kappa shape index (κ3) is 4.88. The van der Waals surface area contributed by atoms with Gasteiger partial charge in [0.1, 0.15) is 4.21 Å². The molecule has 1 aromatic carbocycles. The minimum absolute atomic E-state index is 0.159. The molecule has 2 aromatic rings. The molecule has 2 rings (SSSR count). The molecule has 0 fully saturated rings. The number of hydrogen-bond donors (Lipinski definition) is 2. The lowest BCUT2D eigenvalue weighted by molar-refractivity contribution is -0.115. The Labute approximate surface area is 150 Å². The number of benzene rings is 1. The Balaban J connectivity index is 2.03. The van der Waals surface area contributed by atoms with Crippen LogP contribution < -0.4 is 10.0 Å². The standard InChI is InChI=1S/C16H18N2O5S2/c1-3-11-8-9-15(24-11)25(21,22)17-10-14(19)18-13-7-5-4-6-12(13)16(20)23-2/h4-9,17H,3,10H2,1-2H3,(H,18,19). The van der Waals surface area contributed by atoms with Crippen molar-refractivity contribution in [3.63, 3.8) is 0 Å². The lowest BCUT2D eigenvalue weighted by atomic mass is 10.2. The quantitative estimate of drug-likeness (QED) is 0.714. The summed E-state index contributed by atoms with van der Waals surface area (Å²) in [5, 5.41) is 2.50. The Kier molecular flexibility index (Phi) is 6.29. The summed E-state index contributed by atoms with van der Waals surface area (Å²) in [5.74, 6) is -1.19. The number of carbonyl (C=O) groups is 2. The Morgan fingerprint density at radius 2 is 1.88 bits per heavy atom. The topological polar surface area (TPSA) is 102 Å². The summed E-state index contributed by atoms with van der Waals surface area (Å²) in [4.78, 5) is 24.6. The zero-order valence-corrected chi connectivity index (χ0v) is 15.4. The molecule has 0 aliphatic rings. The largest absolute Gasteiger partial charge is 0.465 e. The second-order valence-corrected chi connectivity index (χ2v) is 8.15. The fourth-order valence-corrected chi connectivity index (χ4v) is 4.32. The van der Waals surface area contributed by atoms with Gasteiger partial charge in [-0.1, -0.05) is 19.1 Å². The van der Waals surface area contributed by atoms with Gasteiger partial charge < -0.3 is 10.1 Å².